The summed E-state index contributed by atoms with van der Waals surface area (Å²) in [4.78, 5) is 2.52. The lowest BCUT2D eigenvalue weighted by atomic mass is 9.91. The van der Waals surface area contributed by atoms with E-state index in [1.54, 1.807) is 0 Å². The Balaban J connectivity index is 1.82. The molecule has 1 fully saturated rings. The van der Waals surface area contributed by atoms with Gasteiger partial charge in [-0.3, -0.25) is 4.90 Å². The molecule has 19 heavy (non-hydrogen) atoms. The van der Waals surface area contributed by atoms with Crippen LogP contribution in [0, 0.1) is 5.92 Å². The molecule has 2 rings (SSSR count). The van der Waals surface area contributed by atoms with Gasteiger partial charge in [-0.1, -0.05) is 12.1 Å². The van der Waals surface area contributed by atoms with Gasteiger partial charge in [-0.05, 0) is 63.4 Å². The molecule has 0 aromatic heterocycles. The fourth-order valence-electron chi connectivity index (χ4n) is 2.75. The lowest BCUT2D eigenvalue weighted by Gasteiger charge is -2.33. The monoisotopic (exact) mass is 262 g/mol. The number of rotatable bonds is 5. The standard InChI is InChI=1S/C16H26N2O/c1-3-19-16-6-4-14(5-7-16)12-18-10-8-15(9-11-18)13(2)17/h4-7,13,15H,3,8-12,17H2,1-2H3. The van der Waals surface area contributed by atoms with Gasteiger partial charge in [-0.2, -0.15) is 0 Å². The maximum atomic E-state index is 5.98. The number of hydrogen-bond acceptors (Lipinski definition) is 3. The highest BCUT2D eigenvalue weighted by molar-refractivity contribution is 5.27. The summed E-state index contributed by atoms with van der Waals surface area (Å²) in [5.74, 6) is 1.67. The number of nitrogens with zero attached hydrogens (tertiary/aromatic N) is 1. The first-order valence-electron chi connectivity index (χ1n) is 7.38. The van der Waals surface area contributed by atoms with Crippen molar-refractivity contribution in [3.8, 4) is 5.75 Å². The Labute approximate surface area is 116 Å². The largest absolute Gasteiger partial charge is 0.494 e. The molecule has 1 saturated heterocycles. The van der Waals surface area contributed by atoms with Gasteiger partial charge < -0.3 is 10.5 Å². The van der Waals surface area contributed by atoms with Crippen LogP contribution in [0.5, 0.6) is 5.75 Å². The smallest absolute Gasteiger partial charge is 0.119 e. The Kier molecular flexibility index (Phi) is 5.23. The molecule has 0 radical (unpaired) electrons. The van der Waals surface area contributed by atoms with Crippen molar-refractivity contribution in [3.05, 3.63) is 29.8 Å². The molecule has 0 bridgehead atoms. The second-order valence-electron chi connectivity index (χ2n) is 5.55. The summed E-state index contributed by atoms with van der Waals surface area (Å²) in [6.07, 6.45) is 2.46. The maximum Gasteiger partial charge on any atom is 0.119 e. The third kappa shape index (κ3) is 4.22. The van der Waals surface area contributed by atoms with Crippen LogP contribution in [-0.4, -0.2) is 30.6 Å². The van der Waals surface area contributed by atoms with Gasteiger partial charge in [0.1, 0.15) is 5.75 Å². The molecule has 1 aliphatic rings. The zero-order valence-electron chi connectivity index (χ0n) is 12.1. The SMILES string of the molecule is CCOc1ccc(CN2CCC(C(C)N)CC2)cc1. The topological polar surface area (TPSA) is 38.5 Å². The first-order valence-corrected chi connectivity index (χ1v) is 7.38. The van der Waals surface area contributed by atoms with E-state index < -0.39 is 0 Å². The summed E-state index contributed by atoms with van der Waals surface area (Å²) in [6, 6.07) is 8.81. The third-order valence-corrected chi connectivity index (χ3v) is 4.02. The molecule has 1 aromatic carbocycles. The molecule has 0 aliphatic carbocycles. The van der Waals surface area contributed by atoms with Crippen molar-refractivity contribution in [2.75, 3.05) is 19.7 Å². The summed E-state index contributed by atoms with van der Waals surface area (Å²) in [6.45, 7) is 8.24. The predicted molar refractivity (Wildman–Crippen MR) is 79.3 cm³/mol. The van der Waals surface area contributed by atoms with E-state index in [0.717, 1.165) is 18.9 Å². The summed E-state index contributed by atoms with van der Waals surface area (Å²) in [5.41, 5.74) is 7.34. The van der Waals surface area contributed by atoms with Crippen molar-refractivity contribution < 1.29 is 4.74 Å². The number of nitrogens with two attached hydrogens (primary N) is 1. The number of benzene rings is 1. The summed E-state index contributed by atoms with van der Waals surface area (Å²) >= 11 is 0. The van der Waals surface area contributed by atoms with E-state index in [0.29, 0.717) is 12.0 Å². The fraction of sp³-hybridized carbons (Fsp3) is 0.625. The van der Waals surface area contributed by atoms with Gasteiger partial charge in [0.15, 0.2) is 0 Å². The van der Waals surface area contributed by atoms with Crippen molar-refractivity contribution in [2.45, 2.75) is 39.3 Å². The Morgan fingerprint density at radius 1 is 1.26 bits per heavy atom. The average Bonchev–Trinajstić information content (AvgIpc) is 2.42. The molecule has 1 heterocycles. The highest BCUT2D eigenvalue weighted by Crippen LogP contribution is 2.21. The van der Waals surface area contributed by atoms with Crippen molar-refractivity contribution in [3.63, 3.8) is 0 Å². The van der Waals surface area contributed by atoms with Gasteiger partial charge in [0.05, 0.1) is 6.61 Å². The molecule has 0 amide bonds. The Bertz CT molecular complexity index is 367. The van der Waals surface area contributed by atoms with E-state index in [1.165, 1.54) is 31.5 Å². The molecule has 1 unspecified atom stereocenters. The van der Waals surface area contributed by atoms with Gasteiger partial charge in [-0.15, -0.1) is 0 Å². The van der Waals surface area contributed by atoms with Gasteiger partial charge in [0, 0.05) is 12.6 Å². The van der Waals surface area contributed by atoms with Crippen LogP contribution < -0.4 is 10.5 Å². The van der Waals surface area contributed by atoms with Gasteiger partial charge in [0.25, 0.3) is 0 Å². The van der Waals surface area contributed by atoms with Crippen LogP contribution >= 0.6 is 0 Å². The van der Waals surface area contributed by atoms with Crippen LogP contribution in [0.2, 0.25) is 0 Å². The van der Waals surface area contributed by atoms with Crippen LogP contribution in [0.25, 0.3) is 0 Å². The van der Waals surface area contributed by atoms with Crippen molar-refractivity contribution in [1.29, 1.82) is 0 Å². The van der Waals surface area contributed by atoms with Crippen LogP contribution in [-0.2, 0) is 6.54 Å². The van der Waals surface area contributed by atoms with E-state index in [1.807, 2.05) is 6.92 Å². The highest BCUT2D eigenvalue weighted by atomic mass is 16.5. The average molecular weight is 262 g/mol. The van der Waals surface area contributed by atoms with Crippen LogP contribution in [0.4, 0.5) is 0 Å². The van der Waals surface area contributed by atoms with E-state index in [4.69, 9.17) is 10.5 Å². The van der Waals surface area contributed by atoms with Crippen LogP contribution in [0.3, 0.4) is 0 Å². The lowest BCUT2D eigenvalue weighted by molar-refractivity contribution is 0.165. The molecule has 1 aromatic rings. The normalized spacial score (nSPS) is 19.3. The molecule has 0 saturated carbocycles. The second-order valence-corrected chi connectivity index (χ2v) is 5.55. The van der Waals surface area contributed by atoms with Gasteiger partial charge in [-0.25, -0.2) is 0 Å². The summed E-state index contributed by atoms with van der Waals surface area (Å²) < 4.78 is 5.46. The first kappa shape index (κ1) is 14.4. The maximum absolute atomic E-state index is 5.98. The number of hydrogen-bond donors (Lipinski definition) is 1. The molecule has 0 spiro atoms. The van der Waals surface area contributed by atoms with E-state index >= 15 is 0 Å². The molecule has 1 atom stereocenters. The molecular weight excluding hydrogens is 236 g/mol. The summed E-state index contributed by atoms with van der Waals surface area (Å²) in [7, 11) is 0. The number of likely N-dealkylation sites (tertiary alicyclic amines) is 1. The van der Waals surface area contributed by atoms with E-state index in [-0.39, 0.29) is 0 Å². The molecule has 106 valence electrons. The lowest BCUT2D eigenvalue weighted by Crippen LogP contribution is -2.39. The van der Waals surface area contributed by atoms with Crippen LogP contribution in [0.15, 0.2) is 24.3 Å². The quantitative estimate of drug-likeness (QED) is 0.886. The highest BCUT2D eigenvalue weighted by Gasteiger charge is 2.21. The third-order valence-electron chi connectivity index (χ3n) is 4.02. The van der Waals surface area contributed by atoms with Gasteiger partial charge >= 0.3 is 0 Å². The molecule has 2 N–H and O–H groups in total. The summed E-state index contributed by atoms with van der Waals surface area (Å²) in [5, 5.41) is 0. The molecular formula is C16H26N2O. The Hall–Kier alpha value is -1.06. The zero-order chi connectivity index (χ0) is 13.7. The van der Waals surface area contributed by atoms with E-state index in [9.17, 15) is 0 Å². The molecule has 1 aliphatic heterocycles. The Morgan fingerprint density at radius 3 is 2.42 bits per heavy atom. The minimum Gasteiger partial charge on any atom is -0.494 e. The van der Waals surface area contributed by atoms with Crippen molar-refractivity contribution in [2.24, 2.45) is 11.7 Å². The minimum atomic E-state index is 0.340. The predicted octanol–water partition coefficient (Wildman–Crippen LogP) is 2.64. The van der Waals surface area contributed by atoms with E-state index in [2.05, 4.69) is 36.1 Å². The molecule has 3 heteroatoms. The first-order chi connectivity index (χ1) is 9.19. The Morgan fingerprint density at radius 2 is 1.89 bits per heavy atom. The number of piperidine rings is 1. The fourth-order valence-corrected chi connectivity index (χ4v) is 2.75. The number of ether oxygens (including phenoxy) is 1. The van der Waals surface area contributed by atoms with Crippen molar-refractivity contribution >= 4 is 0 Å². The molecule has 3 nitrogen and oxygen atoms in total. The zero-order valence-corrected chi connectivity index (χ0v) is 12.1. The van der Waals surface area contributed by atoms with Crippen LogP contribution in [0.1, 0.15) is 32.3 Å². The van der Waals surface area contributed by atoms with Gasteiger partial charge in [0.2, 0.25) is 0 Å². The minimum absolute atomic E-state index is 0.340. The van der Waals surface area contributed by atoms with Crippen molar-refractivity contribution in [1.82, 2.24) is 4.90 Å². The second kappa shape index (κ2) is 6.92.